The van der Waals surface area contributed by atoms with E-state index in [-0.39, 0.29) is 18.4 Å². The number of hydrogen-bond acceptors (Lipinski definition) is 7. The number of anilines is 2. The zero-order chi connectivity index (χ0) is 28.2. The lowest BCUT2D eigenvalue weighted by atomic mass is 9.94. The van der Waals surface area contributed by atoms with Gasteiger partial charge in [-0.1, -0.05) is 24.3 Å². The van der Waals surface area contributed by atoms with Gasteiger partial charge in [-0.25, -0.2) is 18.3 Å². The second-order valence-corrected chi connectivity index (χ2v) is 9.52. The molecule has 1 aliphatic heterocycles. The van der Waals surface area contributed by atoms with E-state index in [2.05, 4.69) is 25.9 Å². The zero-order valence-corrected chi connectivity index (χ0v) is 21.6. The van der Waals surface area contributed by atoms with Crippen LogP contribution in [-0.2, 0) is 0 Å². The predicted octanol–water partition coefficient (Wildman–Crippen LogP) is 2.71. The Kier molecular flexibility index (Phi) is 7.94. The van der Waals surface area contributed by atoms with E-state index in [4.69, 9.17) is 9.84 Å². The number of rotatable bonds is 9. The molecule has 2 aromatic carbocycles. The first-order valence-corrected chi connectivity index (χ1v) is 12.7. The topological polar surface area (TPSA) is 141 Å². The van der Waals surface area contributed by atoms with E-state index in [1.807, 2.05) is 23.1 Å². The van der Waals surface area contributed by atoms with E-state index in [1.54, 1.807) is 31.5 Å². The number of benzene rings is 2. The summed E-state index contributed by atoms with van der Waals surface area (Å²) in [7, 11) is 0. The number of halogens is 2. The molecule has 210 valence electrons. The van der Waals surface area contributed by atoms with Gasteiger partial charge < -0.3 is 25.2 Å². The molecule has 0 spiro atoms. The molecule has 4 aromatic rings. The van der Waals surface area contributed by atoms with Crippen LogP contribution in [0.2, 0.25) is 0 Å². The van der Waals surface area contributed by atoms with Crippen LogP contribution < -0.4 is 20.3 Å². The Morgan fingerprint density at radius 3 is 2.67 bits per heavy atom. The minimum atomic E-state index is -1.09. The van der Waals surface area contributed by atoms with Crippen molar-refractivity contribution in [1.82, 2.24) is 25.3 Å². The molecule has 5 rings (SSSR count). The molecule has 3 atom stereocenters. The van der Waals surface area contributed by atoms with Gasteiger partial charge in [-0.3, -0.25) is 10.4 Å². The van der Waals surface area contributed by atoms with E-state index >= 15 is 0 Å². The molecule has 3 heterocycles. The van der Waals surface area contributed by atoms with Crippen molar-refractivity contribution in [2.45, 2.75) is 25.0 Å². The van der Waals surface area contributed by atoms with Crippen molar-refractivity contribution in [2.75, 3.05) is 36.5 Å². The summed E-state index contributed by atoms with van der Waals surface area (Å²) in [5, 5.41) is 35.9. The normalized spacial score (nSPS) is 17.6. The molecular weight excluding hydrogens is 524 g/mol. The number of para-hydroxylation sites is 1. The highest BCUT2D eigenvalue weighted by Gasteiger charge is 2.36. The van der Waals surface area contributed by atoms with E-state index in [0.29, 0.717) is 35.7 Å². The fraction of sp³-hybridized carbons (Fsp3) is 0.296. The lowest BCUT2D eigenvalue weighted by Crippen LogP contribution is -2.42. The number of carbonyl (C=O) groups is 1. The number of urea groups is 1. The molecule has 1 aliphatic rings. The highest BCUT2D eigenvalue weighted by atomic mass is 19.2. The molecule has 2 aromatic heterocycles. The van der Waals surface area contributed by atoms with Gasteiger partial charge in [0.05, 0.1) is 35.8 Å². The smallest absolute Gasteiger partial charge is 0.320 e. The van der Waals surface area contributed by atoms with Crippen LogP contribution >= 0.6 is 0 Å². The van der Waals surface area contributed by atoms with Crippen molar-refractivity contribution in [1.29, 1.82) is 0 Å². The third-order valence-corrected chi connectivity index (χ3v) is 6.79. The summed E-state index contributed by atoms with van der Waals surface area (Å²) in [4.78, 5) is 15.4. The number of carbonyl (C=O) groups excluding carboxylic acids is 1. The van der Waals surface area contributed by atoms with Crippen molar-refractivity contribution < 1.29 is 28.5 Å². The number of nitrogens with one attached hydrogen (secondary N) is 3. The lowest BCUT2D eigenvalue weighted by Gasteiger charge is -2.21. The van der Waals surface area contributed by atoms with Gasteiger partial charge in [-0.2, -0.15) is 5.10 Å². The number of ether oxygens (including phenoxy) is 1. The first-order valence-electron chi connectivity index (χ1n) is 12.7. The molecular formula is C27H29F2N7O4. The zero-order valence-electron chi connectivity index (χ0n) is 21.6. The summed E-state index contributed by atoms with van der Waals surface area (Å²) in [6.45, 7) is 1.91. The quantitative estimate of drug-likeness (QED) is 0.215. The maximum atomic E-state index is 14.1. The van der Waals surface area contributed by atoms with Gasteiger partial charge in [0.15, 0.2) is 11.6 Å². The Morgan fingerprint density at radius 2 is 1.98 bits per heavy atom. The molecule has 40 heavy (non-hydrogen) atoms. The maximum Gasteiger partial charge on any atom is 0.320 e. The monoisotopic (exact) mass is 553 g/mol. The average Bonchev–Trinajstić information content (AvgIpc) is 3.70. The molecule has 1 saturated heterocycles. The van der Waals surface area contributed by atoms with Gasteiger partial charge in [-0.05, 0) is 36.8 Å². The van der Waals surface area contributed by atoms with Crippen molar-refractivity contribution in [3.63, 3.8) is 0 Å². The van der Waals surface area contributed by atoms with Crippen LogP contribution in [0.1, 0.15) is 17.0 Å². The molecule has 0 saturated carbocycles. The number of hydrogen-bond donors (Lipinski definition) is 5. The molecule has 0 unspecified atom stereocenters. The Labute approximate surface area is 228 Å². The van der Waals surface area contributed by atoms with Crippen LogP contribution in [0.15, 0.2) is 60.9 Å². The van der Waals surface area contributed by atoms with Crippen LogP contribution in [0.3, 0.4) is 0 Å². The van der Waals surface area contributed by atoms with Gasteiger partial charge in [0.2, 0.25) is 5.88 Å². The largest absolute Gasteiger partial charge is 0.474 e. The summed E-state index contributed by atoms with van der Waals surface area (Å²) in [5.74, 6) is -1.71. The van der Waals surface area contributed by atoms with E-state index in [9.17, 15) is 18.7 Å². The number of nitrogens with zero attached hydrogens (tertiary/aromatic N) is 4. The van der Waals surface area contributed by atoms with Crippen LogP contribution in [-0.4, -0.2) is 74.7 Å². The third kappa shape index (κ3) is 5.75. The fourth-order valence-electron chi connectivity index (χ4n) is 4.71. The molecule has 5 N–H and O–H groups in total. The Bertz CT molecular complexity index is 1450. The van der Waals surface area contributed by atoms with Crippen molar-refractivity contribution in [3.8, 4) is 11.6 Å². The van der Waals surface area contributed by atoms with Gasteiger partial charge in [-0.15, -0.1) is 5.10 Å². The van der Waals surface area contributed by atoms with Gasteiger partial charge in [0.1, 0.15) is 18.5 Å². The number of H-pyrrole nitrogens is 1. The minimum Gasteiger partial charge on any atom is -0.474 e. The van der Waals surface area contributed by atoms with Crippen LogP contribution in [0.25, 0.3) is 5.69 Å². The predicted molar refractivity (Wildman–Crippen MR) is 143 cm³/mol. The lowest BCUT2D eigenvalue weighted by molar-refractivity contribution is 0.0518. The second-order valence-electron chi connectivity index (χ2n) is 9.52. The second kappa shape index (κ2) is 11.7. The van der Waals surface area contributed by atoms with Gasteiger partial charge in [0, 0.05) is 25.2 Å². The fourth-order valence-corrected chi connectivity index (χ4v) is 4.71. The molecule has 0 aliphatic carbocycles. The van der Waals surface area contributed by atoms with Crippen molar-refractivity contribution >= 4 is 17.5 Å². The molecule has 11 nitrogen and oxygen atoms in total. The molecule has 13 heteroatoms. The molecule has 2 amide bonds. The highest BCUT2D eigenvalue weighted by molar-refractivity contribution is 5.90. The number of aromatic nitrogens is 4. The summed E-state index contributed by atoms with van der Waals surface area (Å²) in [6, 6.07) is 11.9. The number of aromatic amines is 1. The Hall–Kier alpha value is -4.49. The van der Waals surface area contributed by atoms with Crippen molar-refractivity contribution in [2.24, 2.45) is 0 Å². The highest BCUT2D eigenvalue weighted by Crippen LogP contribution is 2.32. The third-order valence-electron chi connectivity index (χ3n) is 6.79. The summed E-state index contributed by atoms with van der Waals surface area (Å²) in [6.07, 6.45) is 2.29. The van der Waals surface area contributed by atoms with E-state index in [0.717, 1.165) is 17.8 Å². The van der Waals surface area contributed by atoms with Crippen LogP contribution in [0, 0.1) is 18.6 Å². The number of amides is 2. The average molecular weight is 554 g/mol. The molecule has 1 fully saturated rings. The first kappa shape index (κ1) is 27.1. The summed E-state index contributed by atoms with van der Waals surface area (Å²) < 4.78 is 34.9. The number of aliphatic hydroxyl groups excluding tert-OH is 2. The number of aliphatic hydroxyl groups is 2. The summed E-state index contributed by atoms with van der Waals surface area (Å²) in [5.41, 5.74) is 2.53. The van der Waals surface area contributed by atoms with Gasteiger partial charge in [0.25, 0.3) is 0 Å². The maximum absolute atomic E-state index is 14.1. The Morgan fingerprint density at radius 1 is 1.18 bits per heavy atom. The summed E-state index contributed by atoms with van der Waals surface area (Å²) >= 11 is 0. The van der Waals surface area contributed by atoms with E-state index in [1.165, 1.54) is 10.7 Å². The molecule has 0 radical (unpaired) electrons. The SMILES string of the molecule is Cc1c(OC[C@@H](O)CO)nn(-c2ccccc2)c1NC(=O)N[C@@H]1CN(c2cn[nH]c2)C[C@H]1c1ccc(F)c(F)c1. The van der Waals surface area contributed by atoms with Crippen LogP contribution in [0.5, 0.6) is 5.88 Å². The first-order chi connectivity index (χ1) is 19.3. The van der Waals surface area contributed by atoms with E-state index < -0.39 is 36.4 Å². The Balaban J connectivity index is 1.39. The standard InChI is InChI=1S/C27H29F2N7O4/c1-16-25(36(18-5-3-2-4-6-18)34-26(16)40-15-20(38)14-37)33-27(39)32-24-13-35(19-10-30-31-11-19)12-21(24)17-7-8-22(28)23(29)9-17/h2-11,20-21,24,37-38H,12-15H2,1H3,(H,30,31)(H2,32,33,39)/t20-,21-,24+/m0/s1. The molecule has 0 bridgehead atoms. The van der Waals surface area contributed by atoms with Gasteiger partial charge >= 0.3 is 6.03 Å². The minimum absolute atomic E-state index is 0.179. The van der Waals surface area contributed by atoms with Crippen LogP contribution in [0.4, 0.5) is 25.1 Å². The van der Waals surface area contributed by atoms with Crippen molar-refractivity contribution in [3.05, 3.63) is 83.7 Å².